The summed E-state index contributed by atoms with van der Waals surface area (Å²) in [7, 11) is 1.96. The summed E-state index contributed by atoms with van der Waals surface area (Å²) >= 11 is 7.47. The van der Waals surface area contributed by atoms with Crippen LogP contribution in [0.5, 0.6) is 0 Å². The fourth-order valence-corrected chi connectivity index (χ4v) is 3.02. The zero-order valence-corrected chi connectivity index (χ0v) is 11.8. The molecule has 2 rings (SSSR count). The first-order valence-electron chi connectivity index (χ1n) is 5.49. The van der Waals surface area contributed by atoms with Crippen molar-refractivity contribution in [1.82, 2.24) is 9.78 Å². The van der Waals surface area contributed by atoms with Crippen LogP contribution in [0.15, 0.2) is 12.1 Å². The molecule has 2 aromatic heterocycles. The van der Waals surface area contributed by atoms with Crippen molar-refractivity contribution in [3.05, 3.63) is 38.3 Å². The number of nitrogens with zero attached hydrogens (tertiary/aromatic N) is 2. The standard InChI is InChI=1S/C12H16ClN3S/c1-7-9(8(2)16(3)15-7)6-10(14)11-4-5-12(13)17-11/h4-5,10H,6,14H2,1-3H3. The van der Waals surface area contributed by atoms with Crippen molar-refractivity contribution in [1.29, 1.82) is 0 Å². The molecule has 17 heavy (non-hydrogen) atoms. The first-order chi connectivity index (χ1) is 7.99. The minimum Gasteiger partial charge on any atom is -0.323 e. The number of hydrogen-bond acceptors (Lipinski definition) is 3. The molecule has 0 aliphatic heterocycles. The van der Waals surface area contributed by atoms with Crippen molar-refractivity contribution in [2.45, 2.75) is 26.3 Å². The van der Waals surface area contributed by atoms with Gasteiger partial charge in [-0.25, -0.2) is 0 Å². The van der Waals surface area contributed by atoms with Crippen LogP contribution in [0.1, 0.15) is 27.9 Å². The van der Waals surface area contributed by atoms with Gasteiger partial charge in [0.15, 0.2) is 0 Å². The van der Waals surface area contributed by atoms with Crippen LogP contribution < -0.4 is 5.73 Å². The van der Waals surface area contributed by atoms with Gasteiger partial charge in [0.05, 0.1) is 10.0 Å². The average molecular weight is 270 g/mol. The summed E-state index contributed by atoms with van der Waals surface area (Å²) in [6.45, 7) is 4.10. The third-order valence-corrected chi connectivity index (χ3v) is 4.41. The second kappa shape index (κ2) is 4.80. The molecular formula is C12H16ClN3S. The average Bonchev–Trinajstić information content (AvgIpc) is 2.79. The van der Waals surface area contributed by atoms with Gasteiger partial charge < -0.3 is 5.73 Å². The molecule has 0 aromatic carbocycles. The third kappa shape index (κ3) is 2.54. The molecule has 0 saturated heterocycles. The number of nitrogens with two attached hydrogens (primary N) is 1. The Hall–Kier alpha value is -0.840. The largest absolute Gasteiger partial charge is 0.323 e. The summed E-state index contributed by atoms with van der Waals surface area (Å²) in [6.07, 6.45) is 0.808. The maximum absolute atomic E-state index is 6.20. The van der Waals surface area contributed by atoms with E-state index in [1.54, 1.807) is 11.3 Å². The maximum Gasteiger partial charge on any atom is 0.0931 e. The predicted molar refractivity (Wildman–Crippen MR) is 72.6 cm³/mol. The molecule has 5 heteroatoms. The van der Waals surface area contributed by atoms with E-state index in [0.717, 1.165) is 21.3 Å². The minimum absolute atomic E-state index is 0.00546. The molecule has 0 saturated carbocycles. The van der Waals surface area contributed by atoms with Crippen LogP contribution in [0.4, 0.5) is 0 Å². The molecule has 0 fully saturated rings. The summed E-state index contributed by atoms with van der Waals surface area (Å²) in [5.41, 5.74) is 9.68. The number of rotatable bonds is 3. The molecule has 2 heterocycles. The number of thiophene rings is 1. The Morgan fingerprint density at radius 3 is 2.65 bits per heavy atom. The lowest BCUT2D eigenvalue weighted by Gasteiger charge is -2.09. The van der Waals surface area contributed by atoms with Crippen LogP contribution in [-0.2, 0) is 13.5 Å². The highest BCUT2D eigenvalue weighted by molar-refractivity contribution is 7.16. The Kier molecular flexibility index (Phi) is 3.56. The van der Waals surface area contributed by atoms with Crippen LogP contribution in [0.25, 0.3) is 0 Å². The lowest BCUT2D eigenvalue weighted by molar-refractivity contribution is 0.716. The van der Waals surface area contributed by atoms with Crippen LogP contribution >= 0.6 is 22.9 Å². The second-order valence-corrected chi connectivity index (χ2v) is 5.97. The molecule has 2 N–H and O–H groups in total. The van der Waals surface area contributed by atoms with Crippen molar-refractivity contribution in [3.8, 4) is 0 Å². The van der Waals surface area contributed by atoms with Gasteiger partial charge in [-0.05, 0) is 38.0 Å². The van der Waals surface area contributed by atoms with Crippen molar-refractivity contribution < 1.29 is 0 Å². The minimum atomic E-state index is -0.00546. The first kappa shape index (κ1) is 12.6. The molecule has 0 aliphatic carbocycles. The number of aromatic nitrogens is 2. The van der Waals surface area contributed by atoms with Gasteiger partial charge in [0, 0.05) is 23.7 Å². The van der Waals surface area contributed by atoms with Gasteiger partial charge in [0.2, 0.25) is 0 Å². The molecule has 2 aromatic rings. The summed E-state index contributed by atoms with van der Waals surface area (Å²) in [5, 5.41) is 4.40. The molecule has 3 nitrogen and oxygen atoms in total. The monoisotopic (exact) mass is 269 g/mol. The Morgan fingerprint density at radius 2 is 2.18 bits per heavy atom. The van der Waals surface area contributed by atoms with E-state index in [4.69, 9.17) is 17.3 Å². The van der Waals surface area contributed by atoms with E-state index in [-0.39, 0.29) is 6.04 Å². The van der Waals surface area contributed by atoms with Crippen molar-refractivity contribution in [2.75, 3.05) is 0 Å². The van der Waals surface area contributed by atoms with Gasteiger partial charge in [-0.2, -0.15) is 5.10 Å². The van der Waals surface area contributed by atoms with Gasteiger partial charge in [0.1, 0.15) is 0 Å². The quantitative estimate of drug-likeness (QED) is 0.931. The number of aryl methyl sites for hydroxylation is 2. The zero-order chi connectivity index (χ0) is 12.6. The predicted octanol–water partition coefficient (Wildman–Crippen LogP) is 2.99. The van der Waals surface area contributed by atoms with Gasteiger partial charge in [0.25, 0.3) is 0 Å². The van der Waals surface area contributed by atoms with E-state index in [1.807, 2.05) is 30.8 Å². The van der Waals surface area contributed by atoms with Gasteiger partial charge in [-0.1, -0.05) is 11.6 Å². The lowest BCUT2D eigenvalue weighted by atomic mass is 10.0. The molecule has 0 spiro atoms. The zero-order valence-electron chi connectivity index (χ0n) is 10.2. The highest BCUT2D eigenvalue weighted by atomic mass is 35.5. The molecule has 0 radical (unpaired) electrons. The Bertz CT molecular complexity index is 530. The fourth-order valence-electron chi connectivity index (χ4n) is 1.96. The van der Waals surface area contributed by atoms with E-state index in [1.165, 1.54) is 11.3 Å². The summed E-state index contributed by atoms with van der Waals surface area (Å²) in [4.78, 5) is 1.12. The molecular weight excluding hydrogens is 254 g/mol. The Morgan fingerprint density at radius 1 is 1.47 bits per heavy atom. The van der Waals surface area contributed by atoms with Crippen LogP contribution in [0, 0.1) is 13.8 Å². The number of halogens is 1. The summed E-state index contributed by atoms with van der Waals surface area (Å²) < 4.78 is 2.69. The summed E-state index contributed by atoms with van der Waals surface area (Å²) in [6, 6.07) is 3.89. The second-order valence-electron chi connectivity index (χ2n) is 4.23. The smallest absolute Gasteiger partial charge is 0.0931 e. The lowest BCUT2D eigenvalue weighted by Crippen LogP contribution is -2.12. The summed E-state index contributed by atoms with van der Waals surface area (Å²) in [5.74, 6) is 0. The highest BCUT2D eigenvalue weighted by Crippen LogP contribution is 2.28. The molecule has 1 atom stereocenters. The van der Waals surface area contributed by atoms with Crippen LogP contribution in [-0.4, -0.2) is 9.78 Å². The normalized spacial score (nSPS) is 13.0. The van der Waals surface area contributed by atoms with E-state index >= 15 is 0 Å². The topological polar surface area (TPSA) is 43.8 Å². The Labute approximate surface area is 110 Å². The molecule has 92 valence electrons. The molecule has 0 bridgehead atoms. The van der Waals surface area contributed by atoms with E-state index < -0.39 is 0 Å². The van der Waals surface area contributed by atoms with Crippen molar-refractivity contribution in [3.63, 3.8) is 0 Å². The van der Waals surface area contributed by atoms with E-state index in [9.17, 15) is 0 Å². The number of hydrogen-bond donors (Lipinski definition) is 1. The molecule has 0 aliphatic rings. The van der Waals surface area contributed by atoms with Crippen molar-refractivity contribution in [2.24, 2.45) is 12.8 Å². The van der Waals surface area contributed by atoms with Gasteiger partial charge in [-0.15, -0.1) is 11.3 Å². The Balaban J connectivity index is 2.21. The van der Waals surface area contributed by atoms with E-state index in [2.05, 4.69) is 12.0 Å². The van der Waals surface area contributed by atoms with E-state index in [0.29, 0.717) is 0 Å². The third-order valence-electron chi connectivity index (χ3n) is 3.04. The first-order valence-corrected chi connectivity index (χ1v) is 6.68. The van der Waals surface area contributed by atoms with Crippen LogP contribution in [0.3, 0.4) is 0 Å². The maximum atomic E-state index is 6.20. The van der Waals surface area contributed by atoms with Crippen molar-refractivity contribution >= 4 is 22.9 Å². The molecule has 0 amide bonds. The highest BCUT2D eigenvalue weighted by Gasteiger charge is 2.15. The SMILES string of the molecule is Cc1nn(C)c(C)c1CC(N)c1ccc(Cl)s1. The fraction of sp³-hybridized carbons (Fsp3) is 0.417. The van der Waals surface area contributed by atoms with Gasteiger partial charge >= 0.3 is 0 Å². The van der Waals surface area contributed by atoms with Crippen LogP contribution in [0.2, 0.25) is 4.34 Å². The molecule has 1 unspecified atom stereocenters. The van der Waals surface area contributed by atoms with Gasteiger partial charge in [-0.3, -0.25) is 4.68 Å².